The summed E-state index contributed by atoms with van der Waals surface area (Å²) in [5.41, 5.74) is 13.8. The first-order valence-electron chi connectivity index (χ1n) is 3.02. The van der Waals surface area contributed by atoms with Gasteiger partial charge in [-0.25, -0.2) is 9.59 Å². The summed E-state index contributed by atoms with van der Waals surface area (Å²) in [6.07, 6.45) is 0. The Balaban J connectivity index is 0.000000249. The van der Waals surface area contributed by atoms with Crippen LogP contribution in [0.3, 0.4) is 0 Å². The van der Waals surface area contributed by atoms with Gasteiger partial charge < -0.3 is 17.2 Å². The summed E-state index contributed by atoms with van der Waals surface area (Å²) in [6, 6.07) is -2.08. The average Bonchev–Trinajstić information content (AvgIpc) is 2.53. The number of carbonyl (C=O) groups is 2. The number of nitrogens with two attached hydrogens (primary N) is 3. The van der Waals surface area contributed by atoms with Crippen molar-refractivity contribution >= 4 is 18.0 Å². The summed E-state index contributed by atoms with van der Waals surface area (Å²) in [6.45, 7) is 0. The molecular formula is C3H7N9O2. The smallest absolute Gasteiger partial charge is 0.357 e. The van der Waals surface area contributed by atoms with Gasteiger partial charge in [-0.15, -0.1) is 5.10 Å². The second-order valence-corrected chi connectivity index (χ2v) is 1.65. The standard InChI is InChI=1S/C2H4N4O2.CH3N5/c3-1(7)5-6-2(4)8;2-1-3-5-6-4-1/h(H2,3,7)(H2,4,8);(H3,2,3,4,5,6)/b6-5+;. The molecule has 7 N–H and O–H groups in total. The lowest BCUT2D eigenvalue weighted by Gasteiger charge is -1.74. The number of aromatic amines is 1. The number of hydrogen-bond donors (Lipinski definition) is 4. The lowest BCUT2D eigenvalue weighted by molar-refractivity contribution is 0.249. The molecule has 0 saturated heterocycles. The largest absolute Gasteiger partial charge is 0.365 e. The molecule has 11 nitrogen and oxygen atoms in total. The Bertz CT molecular complexity index is 299. The van der Waals surface area contributed by atoms with Crippen LogP contribution in [0.15, 0.2) is 10.2 Å². The number of anilines is 1. The van der Waals surface area contributed by atoms with E-state index in [-0.39, 0.29) is 5.95 Å². The van der Waals surface area contributed by atoms with Gasteiger partial charge in [0, 0.05) is 0 Å². The molecule has 0 unspecified atom stereocenters. The third kappa shape index (κ3) is 7.52. The molecule has 1 aromatic rings. The first-order chi connectivity index (χ1) is 6.52. The van der Waals surface area contributed by atoms with Gasteiger partial charge >= 0.3 is 12.1 Å². The van der Waals surface area contributed by atoms with Gasteiger partial charge in [-0.3, -0.25) is 0 Å². The Hall–Kier alpha value is -2.59. The van der Waals surface area contributed by atoms with Crippen molar-refractivity contribution in [2.24, 2.45) is 21.7 Å². The van der Waals surface area contributed by atoms with E-state index >= 15 is 0 Å². The fraction of sp³-hybridized carbons (Fsp3) is 0. The van der Waals surface area contributed by atoms with Crippen molar-refractivity contribution in [3.63, 3.8) is 0 Å². The molecule has 0 saturated carbocycles. The lowest BCUT2D eigenvalue weighted by atomic mass is 11.1. The molecule has 1 aromatic heterocycles. The molecule has 76 valence electrons. The van der Waals surface area contributed by atoms with E-state index < -0.39 is 12.1 Å². The van der Waals surface area contributed by atoms with Crippen molar-refractivity contribution in [3.8, 4) is 0 Å². The van der Waals surface area contributed by atoms with E-state index in [1.54, 1.807) is 0 Å². The Labute approximate surface area is 76.7 Å². The Kier molecular flexibility index (Phi) is 4.88. The Morgan fingerprint density at radius 3 is 1.86 bits per heavy atom. The van der Waals surface area contributed by atoms with Crippen LogP contribution in [0.4, 0.5) is 15.5 Å². The van der Waals surface area contributed by atoms with Crippen molar-refractivity contribution in [1.82, 2.24) is 20.6 Å². The molecule has 14 heavy (non-hydrogen) atoms. The third-order valence-electron chi connectivity index (χ3n) is 0.609. The lowest BCUT2D eigenvalue weighted by Crippen LogP contribution is -2.07. The number of urea groups is 2. The zero-order valence-electron chi connectivity index (χ0n) is 6.78. The number of H-pyrrole nitrogens is 1. The molecule has 4 amide bonds. The SMILES string of the molecule is NC(=O)/N=N/C(N)=O.Nc1nn[nH]n1. The number of hydrogen-bond acceptors (Lipinski definition) is 6. The van der Waals surface area contributed by atoms with Gasteiger partial charge in [0.2, 0.25) is 0 Å². The zero-order chi connectivity index (χ0) is 11.0. The molecule has 0 atom stereocenters. The van der Waals surface area contributed by atoms with Gasteiger partial charge in [-0.2, -0.15) is 5.21 Å². The summed E-state index contributed by atoms with van der Waals surface area (Å²) in [5, 5.41) is 17.3. The Morgan fingerprint density at radius 1 is 1.21 bits per heavy atom. The number of tetrazole rings is 1. The number of amides is 4. The van der Waals surface area contributed by atoms with Crippen LogP contribution in [-0.4, -0.2) is 32.7 Å². The first-order valence-corrected chi connectivity index (χ1v) is 3.02. The highest BCUT2D eigenvalue weighted by Crippen LogP contribution is 1.72. The maximum atomic E-state index is 9.66. The van der Waals surface area contributed by atoms with Crippen LogP contribution in [0.25, 0.3) is 0 Å². The van der Waals surface area contributed by atoms with Crippen LogP contribution in [0, 0.1) is 0 Å². The quantitative estimate of drug-likeness (QED) is 0.364. The van der Waals surface area contributed by atoms with E-state index in [1.165, 1.54) is 0 Å². The van der Waals surface area contributed by atoms with Crippen molar-refractivity contribution in [2.45, 2.75) is 0 Å². The molecule has 1 rings (SSSR count). The number of nitrogen functional groups attached to an aromatic ring is 1. The molecule has 0 bridgehead atoms. The van der Waals surface area contributed by atoms with Gasteiger partial charge in [-0.05, 0) is 5.21 Å². The highest BCUT2D eigenvalue weighted by molar-refractivity contribution is 5.77. The molecule has 11 heteroatoms. The van der Waals surface area contributed by atoms with Crippen molar-refractivity contribution in [1.29, 1.82) is 0 Å². The molecule has 0 spiro atoms. The second kappa shape index (κ2) is 5.99. The predicted molar refractivity (Wildman–Crippen MR) is 42.6 cm³/mol. The molecular weight excluding hydrogens is 194 g/mol. The molecule has 0 fully saturated rings. The van der Waals surface area contributed by atoms with Gasteiger partial charge in [0.05, 0.1) is 0 Å². The van der Waals surface area contributed by atoms with Gasteiger partial charge in [0.1, 0.15) is 0 Å². The van der Waals surface area contributed by atoms with Crippen molar-refractivity contribution in [3.05, 3.63) is 0 Å². The van der Waals surface area contributed by atoms with Crippen LogP contribution >= 0.6 is 0 Å². The topological polar surface area (TPSA) is 191 Å². The highest BCUT2D eigenvalue weighted by Gasteiger charge is 1.86. The van der Waals surface area contributed by atoms with Crippen LogP contribution in [0.2, 0.25) is 0 Å². The minimum Gasteiger partial charge on any atom is -0.365 e. The summed E-state index contributed by atoms with van der Waals surface area (Å²) in [7, 11) is 0. The number of nitrogens with one attached hydrogen (secondary N) is 1. The van der Waals surface area contributed by atoms with Crippen LogP contribution in [0.1, 0.15) is 0 Å². The highest BCUT2D eigenvalue weighted by atomic mass is 16.2. The summed E-state index contributed by atoms with van der Waals surface area (Å²) in [4.78, 5) is 19.3. The summed E-state index contributed by atoms with van der Waals surface area (Å²) < 4.78 is 0. The van der Waals surface area contributed by atoms with Crippen molar-refractivity contribution in [2.75, 3.05) is 5.73 Å². The number of rotatable bonds is 0. The number of aromatic nitrogens is 4. The van der Waals surface area contributed by atoms with Gasteiger partial charge in [-0.1, -0.05) is 15.3 Å². The number of carbonyl (C=O) groups excluding carboxylic acids is 2. The molecule has 0 aliphatic rings. The minimum absolute atomic E-state index is 0.176. The minimum atomic E-state index is -1.04. The van der Waals surface area contributed by atoms with E-state index in [9.17, 15) is 9.59 Å². The summed E-state index contributed by atoms with van der Waals surface area (Å²) in [5.74, 6) is 0.176. The van der Waals surface area contributed by atoms with E-state index in [0.717, 1.165) is 0 Å². The fourth-order valence-corrected chi connectivity index (χ4v) is 0.268. The van der Waals surface area contributed by atoms with Gasteiger partial charge in [0.15, 0.2) is 0 Å². The molecule has 0 aliphatic carbocycles. The number of nitrogens with zero attached hydrogens (tertiary/aromatic N) is 5. The van der Waals surface area contributed by atoms with E-state index in [0.29, 0.717) is 0 Å². The maximum Gasteiger partial charge on any atom is 0.357 e. The maximum absolute atomic E-state index is 9.66. The normalized spacial score (nSPS) is 9.14. The monoisotopic (exact) mass is 201 g/mol. The molecule has 1 heterocycles. The first kappa shape index (κ1) is 11.4. The zero-order valence-corrected chi connectivity index (χ0v) is 6.78. The fourth-order valence-electron chi connectivity index (χ4n) is 0.268. The van der Waals surface area contributed by atoms with Crippen LogP contribution < -0.4 is 17.2 Å². The van der Waals surface area contributed by atoms with Crippen LogP contribution in [0.5, 0.6) is 0 Å². The number of primary amides is 2. The van der Waals surface area contributed by atoms with Gasteiger partial charge in [0.25, 0.3) is 5.95 Å². The number of azo groups is 1. The summed E-state index contributed by atoms with van der Waals surface area (Å²) >= 11 is 0. The second-order valence-electron chi connectivity index (χ2n) is 1.65. The van der Waals surface area contributed by atoms with Crippen LogP contribution in [-0.2, 0) is 0 Å². The van der Waals surface area contributed by atoms with E-state index in [2.05, 4.69) is 42.3 Å². The van der Waals surface area contributed by atoms with E-state index in [1.807, 2.05) is 0 Å². The third-order valence-corrected chi connectivity index (χ3v) is 0.609. The van der Waals surface area contributed by atoms with Crippen molar-refractivity contribution < 1.29 is 9.59 Å². The Morgan fingerprint density at radius 2 is 1.71 bits per heavy atom. The average molecular weight is 201 g/mol. The predicted octanol–water partition coefficient (Wildman–Crippen LogP) is -1.62. The molecule has 0 aromatic carbocycles. The molecule has 0 aliphatic heterocycles. The molecule has 0 radical (unpaired) electrons. The van der Waals surface area contributed by atoms with E-state index in [4.69, 9.17) is 5.73 Å².